The number of hydrogen-bond donors (Lipinski definition) is 0. The van der Waals surface area contributed by atoms with Crippen molar-refractivity contribution in [3.05, 3.63) is 78.9 Å². The SMILES string of the molecule is COc1ccccc1-c1noc(-c2nnn(-c3ccccc3F)c2-c2ccncc2)n1. The van der Waals surface area contributed by atoms with Gasteiger partial charge in [0.25, 0.3) is 5.89 Å². The van der Waals surface area contributed by atoms with Gasteiger partial charge in [0.1, 0.15) is 22.9 Å². The van der Waals surface area contributed by atoms with Crippen LogP contribution in [0.1, 0.15) is 0 Å². The molecule has 2 aromatic carbocycles. The first-order valence-corrected chi connectivity index (χ1v) is 9.34. The van der Waals surface area contributed by atoms with Crippen molar-refractivity contribution < 1.29 is 13.7 Å². The number of hydrogen-bond acceptors (Lipinski definition) is 7. The molecule has 31 heavy (non-hydrogen) atoms. The van der Waals surface area contributed by atoms with Gasteiger partial charge in [-0.1, -0.05) is 34.6 Å². The van der Waals surface area contributed by atoms with Crippen molar-refractivity contribution in [2.75, 3.05) is 7.11 Å². The molecule has 0 atom stereocenters. The van der Waals surface area contributed by atoms with E-state index >= 15 is 0 Å². The maximum Gasteiger partial charge on any atom is 0.281 e. The standard InChI is InChI=1S/C22H15FN6O2/c1-30-18-9-5-2-6-15(18)21-25-22(31-27-21)19-20(14-10-12-24-13-11-14)29(28-26-19)17-8-4-3-7-16(17)23/h2-13H,1H3. The molecule has 0 saturated heterocycles. The van der Waals surface area contributed by atoms with E-state index in [2.05, 4.69) is 25.4 Å². The molecule has 8 nitrogen and oxygen atoms in total. The van der Waals surface area contributed by atoms with Crippen molar-refractivity contribution in [3.63, 3.8) is 0 Å². The molecule has 0 spiro atoms. The molecule has 5 aromatic rings. The number of rotatable bonds is 5. The number of methoxy groups -OCH3 is 1. The number of nitrogens with zero attached hydrogens (tertiary/aromatic N) is 6. The van der Waals surface area contributed by atoms with Crippen LogP contribution in [0.15, 0.2) is 77.6 Å². The van der Waals surface area contributed by atoms with Crippen molar-refractivity contribution >= 4 is 0 Å². The van der Waals surface area contributed by atoms with E-state index < -0.39 is 5.82 Å². The van der Waals surface area contributed by atoms with Crippen LogP contribution in [0.2, 0.25) is 0 Å². The molecule has 9 heteroatoms. The molecule has 3 aromatic heterocycles. The molecule has 5 rings (SSSR count). The largest absolute Gasteiger partial charge is 0.496 e. The highest BCUT2D eigenvalue weighted by atomic mass is 19.1. The molecule has 0 aliphatic carbocycles. The summed E-state index contributed by atoms with van der Waals surface area (Å²) in [5.74, 6) is 0.664. The van der Waals surface area contributed by atoms with Gasteiger partial charge >= 0.3 is 0 Å². The van der Waals surface area contributed by atoms with Gasteiger partial charge < -0.3 is 9.26 Å². The Balaban J connectivity index is 1.68. The lowest BCUT2D eigenvalue weighted by molar-refractivity contribution is 0.413. The van der Waals surface area contributed by atoms with E-state index in [0.29, 0.717) is 28.5 Å². The maximum atomic E-state index is 14.5. The van der Waals surface area contributed by atoms with E-state index in [1.54, 1.807) is 49.8 Å². The lowest BCUT2D eigenvalue weighted by atomic mass is 10.1. The fraction of sp³-hybridized carbons (Fsp3) is 0.0455. The van der Waals surface area contributed by atoms with Crippen molar-refractivity contribution in [2.45, 2.75) is 0 Å². The Morgan fingerprint density at radius 2 is 1.74 bits per heavy atom. The van der Waals surface area contributed by atoms with Gasteiger partial charge in [-0.2, -0.15) is 4.98 Å². The summed E-state index contributed by atoms with van der Waals surface area (Å²) in [7, 11) is 1.57. The maximum absolute atomic E-state index is 14.5. The van der Waals surface area contributed by atoms with E-state index in [9.17, 15) is 4.39 Å². The molecule has 0 N–H and O–H groups in total. The highest BCUT2D eigenvalue weighted by molar-refractivity contribution is 5.76. The summed E-state index contributed by atoms with van der Waals surface area (Å²) in [5.41, 5.74) is 2.46. The predicted molar refractivity (Wildman–Crippen MR) is 110 cm³/mol. The summed E-state index contributed by atoms with van der Waals surface area (Å²) in [6, 6.07) is 17.2. The molecular formula is C22H15FN6O2. The second kappa shape index (κ2) is 7.79. The van der Waals surface area contributed by atoms with Crippen LogP contribution in [0, 0.1) is 5.82 Å². The number of aromatic nitrogens is 6. The molecule has 0 aliphatic heterocycles. The van der Waals surface area contributed by atoms with Crippen LogP contribution < -0.4 is 4.74 Å². The first kappa shape index (κ1) is 18.6. The molecule has 0 unspecified atom stereocenters. The fourth-order valence-electron chi connectivity index (χ4n) is 3.25. The number of ether oxygens (including phenoxy) is 1. The van der Waals surface area contributed by atoms with Crippen LogP contribution >= 0.6 is 0 Å². The summed E-state index contributed by atoms with van der Waals surface area (Å²) < 4.78 is 26.8. The van der Waals surface area contributed by atoms with Crippen LogP contribution in [0.5, 0.6) is 5.75 Å². The summed E-state index contributed by atoms with van der Waals surface area (Å²) in [4.78, 5) is 8.54. The number of para-hydroxylation sites is 2. The molecule has 0 aliphatic rings. The second-order valence-corrected chi connectivity index (χ2v) is 6.51. The topological polar surface area (TPSA) is 91.8 Å². The molecular weight excluding hydrogens is 399 g/mol. The molecule has 0 amide bonds. The van der Waals surface area contributed by atoms with Gasteiger partial charge in [-0.3, -0.25) is 4.98 Å². The average Bonchev–Trinajstić information content (AvgIpc) is 3.47. The average molecular weight is 414 g/mol. The van der Waals surface area contributed by atoms with Crippen LogP contribution in [0.4, 0.5) is 4.39 Å². The van der Waals surface area contributed by atoms with Gasteiger partial charge in [-0.05, 0) is 36.4 Å². The molecule has 0 saturated carbocycles. The zero-order valence-electron chi connectivity index (χ0n) is 16.3. The Bertz CT molecular complexity index is 1350. The Morgan fingerprint density at radius 3 is 2.55 bits per heavy atom. The van der Waals surface area contributed by atoms with Crippen molar-refractivity contribution in [3.8, 4) is 45.7 Å². The van der Waals surface area contributed by atoms with Crippen molar-refractivity contribution in [2.24, 2.45) is 0 Å². The molecule has 0 fully saturated rings. The summed E-state index contributed by atoms with van der Waals surface area (Å²) in [6.07, 6.45) is 3.26. The van der Waals surface area contributed by atoms with E-state index in [1.807, 2.05) is 24.3 Å². The molecule has 0 radical (unpaired) electrons. The zero-order chi connectivity index (χ0) is 21.2. The molecule has 0 bridgehead atoms. The second-order valence-electron chi connectivity index (χ2n) is 6.51. The van der Waals surface area contributed by atoms with Gasteiger partial charge in [-0.15, -0.1) is 5.10 Å². The molecule has 3 heterocycles. The quantitative estimate of drug-likeness (QED) is 0.426. The third-order valence-electron chi connectivity index (χ3n) is 4.68. The Labute approximate surface area is 176 Å². The lowest BCUT2D eigenvalue weighted by Gasteiger charge is -2.08. The third-order valence-corrected chi connectivity index (χ3v) is 4.68. The molecule has 152 valence electrons. The van der Waals surface area contributed by atoms with E-state index in [0.717, 1.165) is 5.56 Å². The Hall–Kier alpha value is -4.40. The highest BCUT2D eigenvalue weighted by Crippen LogP contribution is 2.34. The van der Waals surface area contributed by atoms with E-state index in [1.165, 1.54) is 10.7 Å². The smallest absolute Gasteiger partial charge is 0.281 e. The van der Waals surface area contributed by atoms with Gasteiger partial charge in [0, 0.05) is 18.0 Å². The number of halogens is 1. The van der Waals surface area contributed by atoms with E-state index in [4.69, 9.17) is 9.26 Å². The zero-order valence-corrected chi connectivity index (χ0v) is 16.3. The minimum atomic E-state index is -0.436. The summed E-state index contributed by atoms with van der Waals surface area (Å²) >= 11 is 0. The normalized spacial score (nSPS) is 10.9. The van der Waals surface area contributed by atoms with Gasteiger partial charge in [-0.25, -0.2) is 9.07 Å². The summed E-state index contributed by atoms with van der Waals surface area (Å²) in [5, 5.41) is 12.5. The number of pyridine rings is 1. The fourth-order valence-corrected chi connectivity index (χ4v) is 3.25. The monoisotopic (exact) mass is 414 g/mol. The minimum Gasteiger partial charge on any atom is -0.496 e. The van der Waals surface area contributed by atoms with Crippen LogP contribution in [0.3, 0.4) is 0 Å². The third kappa shape index (κ3) is 3.31. The predicted octanol–water partition coefficient (Wildman–Crippen LogP) is 4.19. The lowest BCUT2D eigenvalue weighted by Crippen LogP contribution is -2.02. The van der Waals surface area contributed by atoms with Crippen LogP contribution in [-0.2, 0) is 0 Å². The summed E-state index contributed by atoms with van der Waals surface area (Å²) in [6.45, 7) is 0. The van der Waals surface area contributed by atoms with Crippen molar-refractivity contribution in [1.82, 2.24) is 30.1 Å². The van der Waals surface area contributed by atoms with Crippen LogP contribution in [0.25, 0.3) is 39.9 Å². The van der Waals surface area contributed by atoms with Crippen LogP contribution in [-0.4, -0.2) is 37.2 Å². The van der Waals surface area contributed by atoms with Gasteiger partial charge in [0.2, 0.25) is 5.82 Å². The first-order chi connectivity index (χ1) is 15.3. The highest BCUT2D eigenvalue weighted by Gasteiger charge is 2.24. The Kier molecular flexibility index (Phi) is 4.68. The van der Waals surface area contributed by atoms with Gasteiger partial charge in [0.15, 0.2) is 5.69 Å². The minimum absolute atomic E-state index is 0.148. The Morgan fingerprint density at radius 1 is 0.968 bits per heavy atom. The van der Waals surface area contributed by atoms with E-state index in [-0.39, 0.29) is 11.6 Å². The van der Waals surface area contributed by atoms with Gasteiger partial charge in [0.05, 0.1) is 12.7 Å². The van der Waals surface area contributed by atoms with Crippen molar-refractivity contribution in [1.29, 1.82) is 0 Å². The first-order valence-electron chi connectivity index (χ1n) is 9.34. The number of benzene rings is 2.